The molecule has 1 aliphatic rings. The first kappa shape index (κ1) is 14.2. The minimum absolute atomic E-state index is 0.0592. The quantitative estimate of drug-likeness (QED) is 0.921. The van der Waals surface area contributed by atoms with E-state index in [1.165, 1.54) is 11.3 Å². The highest BCUT2D eigenvalue weighted by atomic mass is 32.1. The zero-order chi connectivity index (χ0) is 14.9. The van der Waals surface area contributed by atoms with Crippen LogP contribution in [0.3, 0.4) is 0 Å². The summed E-state index contributed by atoms with van der Waals surface area (Å²) < 4.78 is 0. The second kappa shape index (κ2) is 5.54. The van der Waals surface area contributed by atoms with E-state index in [0.29, 0.717) is 31.6 Å². The van der Waals surface area contributed by atoms with E-state index in [-0.39, 0.29) is 5.91 Å². The molecule has 0 bridgehead atoms. The maximum Gasteiger partial charge on any atom is 0.273 e. The number of aliphatic hydroxyl groups is 1. The fraction of sp³-hybridized carbons (Fsp3) is 0.400. The van der Waals surface area contributed by atoms with Gasteiger partial charge in [-0.2, -0.15) is 0 Å². The molecule has 3 rings (SSSR count). The van der Waals surface area contributed by atoms with Crippen molar-refractivity contribution in [1.82, 2.24) is 14.9 Å². The van der Waals surface area contributed by atoms with Gasteiger partial charge in [-0.15, -0.1) is 11.3 Å². The van der Waals surface area contributed by atoms with Crippen molar-refractivity contribution in [3.63, 3.8) is 0 Å². The lowest BCUT2D eigenvalue weighted by Gasteiger charge is -2.38. The van der Waals surface area contributed by atoms with E-state index in [2.05, 4.69) is 9.97 Å². The van der Waals surface area contributed by atoms with E-state index in [0.717, 1.165) is 11.3 Å². The summed E-state index contributed by atoms with van der Waals surface area (Å²) in [4.78, 5) is 22.4. The fourth-order valence-electron chi connectivity index (χ4n) is 2.77. The minimum Gasteiger partial charge on any atom is -0.383 e. The van der Waals surface area contributed by atoms with Gasteiger partial charge in [0, 0.05) is 24.7 Å². The number of hydrogen-bond donors (Lipinski definition) is 1. The Morgan fingerprint density at radius 1 is 1.38 bits per heavy atom. The first-order valence-corrected chi connectivity index (χ1v) is 7.86. The molecule has 0 atom stereocenters. The Kier molecular flexibility index (Phi) is 3.73. The number of pyridine rings is 1. The van der Waals surface area contributed by atoms with Gasteiger partial charge in [0.05, 0.1) is 11.2 Å². The van der Waals surface area contributed by atoms with Crippen LogP contribution in [0.15, 0.2) is 29.2 Å². The summed E-state index contributed by atoms with van der Waals surface area (Å²) in [6, 6.07) is 3.82. The number of likely N-dealkylation sites (tertiary alicyclic amines) is 1. The molecule has 21 heavy (non-hydrogen) atoms. The molecular formula is C15H17N3O2S. The molecule has 0 radical (unpaired) electrons. The number of aryl methyl sites for hydroxylation is 1. The zero-order valence-electron chi connectivity index (χ0n) is 11.8. The number of aromatic nitrogens is 2. The molecular weight excluding hydrogens is 286 g/mol. The normalized spacial score (nSPS) is 17.7. The predicted molar refractivity (Wildman–Crippen MR) is 80.1 cm³/mol. The van der Waals surface area contributed by atoms with Crippen molar-refractivity contribution in [2.75, 3.05) is 13.1 Å². The Morgan fingerprint density at radius 3 is 2.76 bits per heavy atom. The smallest absolute Gasteiger partial charge is 0.273 e. The highest BCUT2D eigenvalue weighted by Gasteiger charge is 2.37. The van der Waals surface area contributed by atoms with Crippen LogP contribution in [0.1, 0.15) is 34.6 Å². The molecule has 6 heteroatoms. The Balaban J connectivity index is 1.73. The number of nitrogens with zero attached hydrogens (tertiary/aromatic N) is 3. The molecule has 0 unspecified atom stereocenters. The average molecular weight is 303 g/mol. The van der Waals surface area contributed by atoms with Crippen LogP contribution in [0.4, 0.5) is 0 Å². The third-order valence-corrected chi connectivity index (χ3v) is 4.57. The number of hydrogen-bond acceptors (Lipinski definition) is 5. The van der Waals surface area contributed by atoms with Gasteiger partial charge in [0.25, 0.3) is 5.91 Å². The van der Waals surface area contributed by atoms with Crippen molar-refractivity contribution < 1.29 is 9.90 Å². The van der Waals surface area contributed by atoms with E-state index in [1.807, 2.05) is 19.1 Å². The average Bonchev–Trinajstić information content (AvgIpc) is 3.02. The van der Waals surface area contributed by atoms with E-state index >= 15 is 0 Å². The summed E-state index contributed by atoms with van der Waals surface area (Å²) in [5, 5.41) is 12.6. The fourth-order valence-corrected chi connectivity index (χ4v) is 3.30. The van der Waals surface area contributed by atoms with E-state index in [4.69, 9.17) is 0 Å². The Hall–Kier alpha value is -1.79. The van der Waals surface area contributed by atoms with Gasteiger partial charge in [-0.25, -0.2) is 4.98 Å². The third-order valence-electron chi connectivity index (χ3n) is 3.98. The Labute approximate surface area is 127 Å². The molecule has 0 aromatic carbocycles. The second-order valence-corrected chi connectivity index (χ2v) is 6.09. The molecule has 0 aliphatic carbocycles. The number of piperidine rings is 1. The van der Waals surface area contributed by atoms with Crippen molar-refractivity contribution in [3.8, 4) is 0 Å². The molecule has 0 spiro atoms. The lowest BCUT2D eigenvalue weighted by Crippen LogP contribution is -2.45. The van der Waals surface area contributed by atoms with Crippen LogP contribution in [0.5, 0.6) is 0 Å². The van der Waals surface area contributed by atoms with Crippen molar-refractivity contribution in [3.05, 3.63) is 46.2 Å². The lowest BCUT2D eigenvalue weighted by atomic mass is 9.85. The summed E-state index contributed by atoms with van der Waals surface area (Å²) in [5.41, 5.74) is 2.92. The van der Waals surface area contributed by atoms with Crippen LogP contribution in [0, 0.1) is 6.92 Å². The van der Waals surface area contributed by atoms with Gasteiger partial charge in [0.1, 0.15) is 11.3 Å². The molecule has 1 fully saturated rings. The summed E-state index contributed by atoms with van der Waals surface area (Å²) in [7, 11) is 0. The molecule has 3 heterocycles. The van der Waals surface area contributed by atoms with Crippen molar-refractivity contribution in [1.29, 1.82) is 0 Å². The van der Waals surface area contributed by atoms with Gasteiger partial charge in [-0.05, 0) is 31.4 Å². The third kappa shape index (κ3) is 2.69. The molecule has 1 N–H and O–H groups in total. The van der Waals surface area contributed by atoms with Gasteiger partial charge in [0.15, 0.2) is 0 Å². The molecule has 5 nitrogen and oxygen atoms in total. The van der Waals surface area contributed by atoms with Crippen LogP contribution in [0.2, 0.25) is 0 Å². The van der Waals surface area contributed by atoms with Crippen molar-refractivity contribution in [2.45, 2.75) is 25.4 Å². The van der Waals surface area contributed by atoms with Crippen LogP contribution in [0.25, 0.3) is 0 Å². The van der Waals surface area contributed by atoms with Gasteiger partial charge in [-0.1, -0.05) is 6.07 Å². The number of carbonyl (C=O) groups excluding carboxylic acids is 1. The first-order chi connectivity index (χ1) is 10.1. The largest absolute Gasteiger partial charge is 0.383 e. The van der Waals surface area contributed by atoms with E-state index in [1.54, 1.807) is 22.0 Å². The van der Waals surface area contributed by atoms with E-state index in [9.17, 15) is 9.90 Å². The van der Waals surface area contributed by atoms with Gasteiger partial charge in [-0.3, -0.25) is 9.78 Å². The van der Waals surface area contributed by atoms with Crippen molar-refractivity contribution in [2.24, 2.45) is 0 Å². The number of carbonyl (C=O) groups is 1. The molecule has 1 aliphatic heterocycles. The Bertz CT molecular complexity index is 634. The standard InChI is InChI=1S/C15H17N3O2S/c1-11-3-2-6-16-13(11)15(20)4-7-18(8-5-15)14(19)12-9-21-10-17-12/h2-3,6,9-10,20H,4-5,7-8H2,1H3. The minimum atomic E-state index is -0.940. The molecule has 0 saturated carbocycles. The SMILES string of the molecule is Cc1cccnc1C1(O)CCN(C(=O)c2cscn2)CC1. The summed E-state index contributed by atoms with van der Waals surface area (Å²) >= 11 is 1.41. The lowest BCUT2D eigenvalue weighted by molar-refractivity contribution is -0.0249. The van der Waals surface area contributed by atoms with E-state index < -0.39 is 5.60 Å². The highest BCUT2D eigenvalue weighted by molar-refractivity contribution is 7.07. The highest BCUT2D eigenvalue weighted by Crippen LogP contribution is 2.33. The molecule has 110 valence electrons. The van der Waals surface area contributed by atoms with Crippen LogP contribution in [-0.2, 0) is 5.60 Å². The molecule has 1 saturated heterocycles. The zero-order valence-corrected chi connectivity index (χ0v) is 12.6. The number of thiazole rings is 1. The summed E-state index contributed by atoms with van der Waals surface area (Å²) in [6.07, 6.45) is 2.70. The first-order valence-electron chi connectivity index (χ1n) is 6.92. The maximum atomic E-state index is 12.2. The monoisotopic (exact) mass is 303 g/mol. The van der Waals surface area contributed by atoms with Crippen LogP contribution < -0.4 is 0 Å². The van der Waals surface area contributed by atoms with Crippen LogP contribution in [-0.4, -0.2) is 39.0 Å². The molecule has 2 aromatic rings. The van der Waals surface area contributed by atoms with Crippen LogP contribution >= 0.6 is 11.3 Å². The Morgan fingerprint density at radius 2 is 2.14 bits per heavy atom. The maximum absolute atomic E-state index is 12.2. The predicted octanol–water partition coefficient (Wildman–Crippen LogP) is 1.97. The van der Waals surface area contributed by atoms with Gasteiger partial charge >= 0.3 is 0 Å². The van der Waals surface area contributed by atoms with Gasteiger partial charge in [0.2, 0.25) is 0 Å². The number of amides is 1. The summed E-state index contributed by atoms with van der Waals surface area (Å²) in [5.74, 6) is -0.0592. The van der Waals surface area contributed by atoms with Gasteiger partial charge < -0.3 is 10.0 Å². The molecule has 1 amide bonds. The molecule has 2 aromatic heterocycles. The van der Waals surface area contributed by atoms with Crippen molar-refractivity contribution >= 4 is 17.2 Å². The topological polar surface area (TPSA) is 66.3 Å². The second-order valence-electron chi connectivity index (χ2n) is 5.37. The number of rotatable bonds is 2. The summed E-state index contributed by atoms with van der Waals surface area (Å²) in [6.45, 7) is 2.98.